The minimum atomic E-state index is -4.68. The molecule has 0 amide bonds. The molecule has 0 aliphatic rings. The van der Waals surface area contributed by atoms with Gasteiger partial charge in [0.15, 0.2) is 6.10 Å². The van der Waals surface area contributed by atoms with Crippen molar-refractivity contribution in [3.63, 3.8) is 0 Å². The topological polar surface area (TPSA) is 189 Å². The molecule has 0 heterocycles. The minimum Gasteiger partial charge on any atom is -0.462 e. The quantitative estimate of drug-likeness (QED) is 0.0129. The molecule has 12 nitrogen and oxygen atoms in total. The van der Waals surface area contributed by atoms with Crippen LogP contribution >= 0.6 is 7.82 Å². The van der Waals surface area contributed by atoms with E-state index in [1.54, 1.807) is 30.4 Å². The van der Waals surface area contributed by atoms with E-state index in [4.69, 9.17) is 19.1 Å². The third-order valence-corrected chi connectivity index (χ3v) is 10.2. The normalized spacial score (nSPS) is 15.6. The van der Waals surface area contributed by atoms with Gasteiger partial charge in [0, 0.05) is 12.8 Å². The highest BCUT2D eigenvalue weighted by Crippen LogP contribution is 2.43. The predicted molar refractivity (Wildman–Crippen MR) is 240 cm³/mol. The van der Waals surface area contributed by atoms with Gasteiger partial charge in [0.1, 0.15) is 12.7 Å². The third kappa shape index (κ3) is 40.7. The molecule has 0 aromatic rings. The van der Waals surface area contributed by atoms with Crippen molar-refractivity contribution in [2.75, 3.05) is 26.4 Å². The van der Waals surface area contributed by atoms with Crippen LogP contribution in [0.3, 0.4) is 0 Å². The average Bonchev–Trinajstić information content (AvgIpc) is 3.21. The monoisotopic (exact) mass is 869 g/mol. The number of hydrogen-bond donors (Lipinski definition) is 5. The van der Waals surface area contributed by atoms with E-state index in [0.717, 1.165) is 31.6 Å². The number of ether oxygens (including phenoxy) is 2. The van der Waals surface area contributed by atoms with E-state index in [1.165, 1.54) is 64.2 Å². The Morgan fingerprint density at radius 3 is 1.80 bits per heavy atom. The molecule has 346 valence electrons. The van der Waals surface area contributed by atoms with Crippen LogP contribution in [0.4, 0.5) is 0 Å². The maximum atomic E-state index is 12.6. The summed E-state index contributed by atoms with van der Waals surface area (Å²) in [6.07, 6.45) is 38.0. The van der Waals surface area contributed by atoms with E-state index < -0.39 is 64.0 Å². The van der Waals surface area contributed by atoms with E-state index in [-0.39, 0.29) is 19.4 Å². The van der Waals surface area contributed by atoms with Crippen molar-refractivity contribution >= 4 is 19.8 Å². The van der Waals surface area contributed by atoms with Crippen LogP contribution in [0.15, 0.2) is 72.9 Å². The Labute approximate surface area is 362 Å². The highest BCUT2D eigenvalue weighted by Gasteiger charge is 2.27. The Kier molecular flexibility index (Phi) is 38.6. The molecule has 5 atom stereocenters. The molecule has 0 bridgehead atoms. The fraction of sp³-hybridized carbons (Fsp3) is 0.702. The smallest absolute Gasteiger partial charge is 0.462 e. The van der Waals surface area contributed by atoms with Crippen molar-refractivity contribution < 1.29 is 58.0 Å². The summed E-state index contributed by atoms with van der Waals surface area (Å²) >= 11 is 0. The number of aliphatic hydroxyl groups is 4. The number of allylic oxidation sites excluding steroid dienone is 8. The summed E-state index contributed by atoms with van der Waals surface area (Å²) in [5.74, 6) is -0.306. The fourth-order valence-electron chi connectivity index (χ4n) is 5.74. The van der Waals surface area contributed by atoms with E-state index in [9.17, 15) is 34.4 Å². The van der Waals surface area contributed by atoms with Gasteiger partial charge in [0.2, 0.25) is 0 Å². The summed E-state index contributed by atoms with van der Waals surface area (Å²) in [5, 5.41) is 38.4. The molecular formula is C47H81O12P. The summed E-state index contributed by atoms with van der Waals surface area (Å²) in [7, 11) is -4.68. The van der Waals surface area contributed by atoms with Crippen molar-refractivity contribution in [3.05, 3.63) is 72.9 Å². The van der Waals surface area contributed by atoms with E-state index in [0.29, 0.717) is 32.1 Å². The number of aliphatic hydroxyl groups excluding tert-OH is 4. The Bertz CT molecular complexity index is 1270. The zero-order valence-electron chi connectivity index (χ0n) is 37.0. The van der Waals surface area contributed by atoms with Crippen LogP contribution < -0.4 is 0 Å². The highest BCUT2D eigenvalue weighted by molar-refractivity contribution is 7.47. The van der Waals surface area contributed by atoms with Gasteiger partial charge in [0.25, 0.3) is 0 Å². The first kappa shape index (κ1) is 57.3. The molecule has 1 unspecified atom stereocenters. The summed E-state index contributed by atoms with van der Waals surface area (Å²) in [6, 6.07) is 0. The fourth-order valence-corrected chi connectivity index (χ4v) is 6.53. The van der Waals surface area contributed by atoms with Gasteiger partial charge in [-0.05, 0) is 44.4 Å². The van der Waals surface area contributed by atoms with Crippen molar-refractivity contribution in [2.45, 2.75) is 180 Å². The number of unbranched alkanes of at least 4 members (excludes halogenated alkanes) is 13. The zero-order chi connectivity index (χ0) is 44.5. The van der Waals surface area contributed by atoms with Crippen LogP contribution in [-0.4, -0.2) is 88.1 Å². The lowest BCUT2D eigenvalue weighted by molar-refractivity contribution is -0.161. The summed E-state index contributed by atoms with van der Waals surface area (Å²) in [5.41, 5.74) is 0. The van der Waals surface area contributed by atoms with Gasteiger partial charge in [-0.1, -0.05) is 177 Å². The Hall–Kier alpha value is -2.67. The van der Waals surface area contributed by atoms with Gasteiger partial charge in [-0.2, -0.15) is 0 Å². The second kappa shape index (κ2) is 40.4. The van der Waals surface area contributed by atoms with Crippen LogP contribution in [0.2, 0.25) is 0 Å². The second-order valence-electron chi connectivity index (χ2n) is 15.6. The van der Waals surface area contributed by atoms with E-state index in [1.807, 2.05) is 49.5 Å². The first-order valence-corrected chi connectivity index (χ1v) is 24.0. The van der Waals surface area contributed by atoms with Gasteiger partial charge >= 0.3 is 19.8 Å². The molecule has 0 saturated heterocycles. The first-order chi connectivity index (χ1) is 28.9. The van der Waals surface area contributed by atoms with Crippen molar-refractivity contribution in [1.29, 1.82) is 0 Å². The number of rotatable bonds is 40. The highest BCUT2D eigenvalue weighted by atomic mass is 31.2. The summed E-state index contributed by atoms with van der Waals surface area (Å²) in [4.78, 5) is 35.0. The van der Waals surface area contributed by atoms with Gasteiger partial charge in [0.05, 0.1) is 32.0 Å². The standard InChI is InChI=1S/C47H81O12P/c1-4-5-23-31-42(49)32-25-19-15-13-16-20-26-33-43(50)34-27-22-29-36-47(53)59-45(40-58-60(54,55)57-38-44(51)37-48)39-56-46(52)35-28-21-17-12-10-8-6-7-9-11-14-18-24-30-41(2)3/h5,15-16,19-20,23,25-27,32-34,41-45,48-51H,4,6-14,17-18,21-22,24,28-31,35-40H2,1-3H3,(H,54,55)/b19-15-,20-16-,23-5-,32-25+,33-26+,34-27-/t42-,43-,44-,45+/m0/s1. The average molecular weight is 869 g/mol. The molecule has 0 saturated carbocycles. The molecule has 5 N–H and O–H groups in total. The van der Waals surface area contributed by atoms with Crippen LogP contribution in [0.1, 0.15) is 156 Å². The third-order valence-electron chi connectivity index (χ3n) is 9.23. The molecule has 0 aliphatic heterocycles. The number of phosphoric ester groups is 1. The largest absolute Gasteiger partial charge is 0.472 e. The predicted octanol–water partition coefficient (Wildman–Crippen LogP) is 9.86. The number of carbonyl (C=O) groups excluding carboxylic acids is 2. The van der Waals surface area contributed by atoms with Gasteiger partial charge in [-0.15, -0.1) is 0 Å². The lowest BCUT2D eigenvalue weighted by Crippen LogP contribution is -2.29. The molecule has 0 aliphatic carbocycles. The Morgan fingerprint density at radius 2 is 1.20 bits per heavy atom. The van der Waals surface area contributed by atoms with E-state index >= 15 is 0 Å². The Morgan fingerprint density at radius 1 is 0.633 bits per heavy atom. The molecule has 0 aromatic heterocycles. The number of phosphoric acid groups is 1. The first-order valence-electron chi connectivity index (χ1n) is 22.5. The van der Waals surface area contributed by atoms with Gasteiger partial charge in [-0.3, -0.25) is 18.6 Å². The molecular weight excluding hydrogens is 787 g/mol. The minimum absolute atomic E-state index is 0.00439. The second-order valence-corrected chi connectivity index (χ2v) is 17.0. The van der Waals surface area contributed by atoms with Crippen LogP contribution in [-0.2, 0) is 32.7 Å². The maximum Gasteiger partial charge on any atom is 0.472 e. The van der Waals surface area contributed by atoms with Gasteiger partial charge < -0.3 is 34.8 Å². The summed E-state index contributed by atoms with van der Waals surface area (Å²) < 4.78 is 32.6. The van der Waals surface area contributed by atoms with Crippen LogP contribution in [0.5, 0.6) is 0 Å². The number of carbonyl (C=O) groups is 2. The molecule has 0 rings (SSSR count). The lowest BCUT2D eigenvalue weighted by Gasteiger charge is -2.20. The molecule has 0 fully saturated rings. The van der Waals surface area contributed by atoms with Crippen LogP contribution in [0, 0.1) is 5.92 Å². The van der Waals surface area contributed by atoms with Gasteiger partial charge in [-0.25, -0.2) is 4.57 Å². The van der Waals surface area contributed by atoms with Crippen molar-refractivity contribution in [1.82, 2.24) is 0 Å². The summed E-state index contributed by atoms with van der Waals surface area (Å²) in [6.45, 7) is 4.29. The maximum absolute atomic E-state index is 12.6. The number of esters is 2. The Balaban J connectivity index is 4.54. The van der Waals surface area contributed by atoms with Crippen molar-refractivity contribution in [2.24, 2.45) is 5.92 Å². The molecule has 0 aromatic carbocycles. The molecule has 60 heavy (non-hydrogen) atoms. The lowest BCUT2D eigenvalue weighted by atomic mass is 10.0. The molecule has 0 radical (unpaired) electrons. The van der Waals surface area contributed by atoms with Crippen molar-refractivity contribution in [3.8, 4) is 0 Å². The van der Waals surface area contributed by atoms with Crippen LogP contribution in [0.25, 0.3) is 0 Å². The molecule has 13 heteroatoms. The van der Waals surface area contributed by atoms with E-state index in [2.05, 4.69) is 18.4 Å². The zero-order valence-corrected chi connectivity index (χ0v) is 37.9. The number of hydrogen-bond acceptors (Lipinski definition) is 11. The SMILES string of the molecule is CC/C=C\C[C@H](O)/C=C/C=C\C/C=C\C=C\[C@H](O)/C=C\CCCC(=O)O[C@H](COC(=O)CCCCCCCCCCCCCCCC(C)C)COP(=O)(O)OC[C@@H](O)CO. The molecule has 0 spiro atoms.